The number of H-pyrrole nitrogens is 1. The van der Waals surface area contributed by atoms with Crippen LogP contribution in [0.1, 0.15) is 0 Å². The number of aromatic nitrogens is 1. The molecule has 4 rings (SSSR count). The highest BCUT2D eigenvalue weighted by Gasteiger charge is 2.20. The fourth-order valence-electron chi connectivity index (χ4n) is 3.06. The van der Waals surface area contributed by atoms with Crippen LogP contribution >= 0.6 is 11.6 Å². The van der Waals surface area contributed by atoms with Crippen molar-refractivity contribution in [3.63, 3.8) is 0 Å². The van der Waals surface area contributed by atoms with E-state index in [1.807, 2.05) is 42.5 Å². The molecule has 3 aromatic carbocycles. The van der Waals surface area contributed by atoms with Gasteiger partial charge in [-0.05, 0) is 16.7 Å². The maximum atomic E-state index is 6.63. The van der Waals surface area contributed by atoms with Crippen LogP contribution in [0.3, 0.4) is 0 Å². The zero-order chi connectivity index (χ0) is 16.4. The molecule has 0 radical (unpaired) electrons. The molecule has 0 amide bonds. The van der Waals surface area contributed by atoms with E-state index in [1.165, 1.54) is 0 Å². The first-order valence-corrected chi connectivity index (χ1v) is 8.30. The summed E-state index contributed by atoms with van der Waals surface area (Å²) in [7, 11) is 0. The van der Waals surface area contributed by atoms with Gasteiger partial charge in [-0.2, -0.15) is 0 Å². The summed E-state index contributed by atoms with van der Waals surface area (Å²) in [6, 6.07) is 31.0. The van der Waals surface area contributed by atoms with Crippen molar-refractivity contribution in [2.45, 2.75) is 0 Å². The normalized spacial score (nSPS) is 10.7. The highest BCUT2D eigenvalue weighted by molar-refractivity contribution is 6.33. The zero-order valence-corrected chi connectivity index (χ0v) is 13.8. The molecule has 0 unspecified atom stereocenters. The first-order valence-electron chi connectivity index (χ1n) is 7.92. The van der Waals surface area contributed by atoms with Crippen molar-refractivity contribution >= 4 is 11.6 Å². The molecule has 0 aliphatic heterocycles. The number of rotatable bonds is 3. The summed E-state index contributed by atoms with van der Waals surface area (Å²) in [5, 5.41) is 0.666. The second kappa shape index (κ2) is 6.38. The number of benzene rings is 3. The quantitative estimate of drug-likeness (QED) is 0.432. The van der Waals surface area contributed by atoms with Crippen LogP contribution in [0.4, 0.5) is 0 Å². The molecular weight excluding hydrogens is 314 g/mol. The molecule has 0 spiro atoms. The maximum absolute atomic E-state index is 6.63. The van der Waals surface area contributed by atoms with Gasteiger partial charge in [-0.1, -0.05) is 103 Å². The Bertz CT molecular complexity index is 941. The molecule has 1 N–H and O–H groups in total. The molecule has 0 aliphatic carbocycles. The van der Waals surface area contributed by atoms with E-state index in [2.05, 4.69) is 53.5 Å². The van der Waals surface area contributed by atoms with Gasteiger partial charge in [-0.15, -0.1) is 0 Å². The number of hydrogen-bond donors (Lipinski definition) is 1. The Labute approximate surface area is 146 Å². The van der Waals surface area contributed by atoms with Crippen molar-refractivity contribution in [2.24, 2.45) is 0 Å². The van der Waals surface area contributed by atoms with Crippen LogP contribution in [0.2, 0.25) is 5.15 Å². The van der Waals surface area contributed by atoms with Gasteiger partial charge in [0, 0.05) is 11.1 Å². The third-order valence-corrected chi connectivity index (χ3v) is 4.43. The maximum Gasteiger partial charge on any atom is 0.115 e. The summed E-state index contributed by atoms with van der Waals surface area (Å²) in [6.45, 7) is 0. The second-order valence-electron chi connectivity index (χ2n) is 5.66. The van der Waals surface area contributed by atoms with Gasteiger partial charge in [0.1, 0.15) is 5.15 Å². The van der Waals surface area contributed by atoms with Crippen molar-refractivity contribution in [1.82, 2.24) is 4.98 Å². The van der Waals surface area contributed by atoms with Crippen LogP contribution in [0.25, 0.3) is 33.5 Å². The second-order valence-corrected chi connectivity index (χ2v) is 6.04. The molecule has 0 saturated carbocycles. The van der Waals surface area contributed by atoms with Crippen LogP contribution < -0.4 is 0 Å². The van der Waals surface area contributed by atoms with Gasteiger partial charge in [-0.3, -0.25) is 0 Å². The lowest BCUT2D eigenvalue weighted by Crippen LogP contribution is -1.84. The van der Waals surface area contributed by atoms with Crippen LogP contribution in [-0.2, 0) is 0 Å². The molecular formula is C22H16ClN. The van der Waals surface area contributed by atoms with Crippen LogP contribution in [0, 0.1) is 0 Å². The van der Waals surface area contributed by atoms with Crippen molar-refractivity contribution in [1.29, 1.82) is 0 Å². The van der Waals surface area contributed by atoms with Crippen LogP contribution in [-0.4, -0.2) is 4.98 Å². The molecule has 0 atom stereocenters. The Hall–Kier alpha value is -2.77. The van der Waals surface area contributed by atoms with E-state index in [1.54, 1.807) is 0 Å². The van der Waals surface area contributed by atoms with Crippen molar-refractivity contribution in [2.75, 3.05) is 0 Å². The first-order chi connectivity index (χ1) is 11.8. The number of halogens is 1. The molecule has 24 heavy (non-hydrogen) atoms. The predicted octanol–water partition coefficient (Wildman–Crippen LogP) is 6.67. The van der Waals surface area contributed by atoms with E-state index in [9.17, 15) is 0 Å². The van der Waals surface area contributed by atoms with Crippen molar-refractivity contribution in [3.05, 3.63) is 96.1 Å². The smallest absolute Gasteiger partial charge is 0.115 e. The lowest BCUT2D eigenvalue weighted by Gasteiger charge is -2.09. The van der Waals surface area contributed by atoms with Gasteiger partial charge in [0.05, 0.1) is 5.69 Å². The summed E-state index contributed by atoms with van der Waals surface area (Å²) in [4.78, 5) is 3.39. The third-order valence-electron chi connectivity index (χ3n) is 4.14. The third kappa shape index (κ3) is 2.64. The zero-order valence-electron chi connectivity index (χ0n) is 13.0. The van der Waals surface area contributed by atoms with Crippen molar-refractivity contribution in [3.8, 4) is 33.5 Å². The highest BCUT2D eigenvalue weighted by atomic mass is 35.5. The molecule has 0 bridgehead atoms. The largest absolute Gasteiger partial charge is 0.345 e. The number of nitrogens with one attached hydrogen (secondary N) is 1. The van der Waals surface area contributed by atoms with E-state index < -0.39 is 0 Å². The number of aromatic amines is 1. The summed E-state index contributed by atoms with van der Waals surface area (Å²) < 4.78 is 0. The Morgan fingerprint density at radius 2 is 0.917 bits per heavy atom. The minimum absolute atomic E-state index is 0.666. The topological polar surface area (TPSA) is 15.8 Å². The molecule has 0 aliphatic rings. The molecule has 0 fully saturated rings. The fourth-order valence-corrected chi connectivity index (χ4v) is 3.36. The minimum atomic E-state index is 0.666. The Balaban J connectivity index is 2.03. The van der Waals surface area contributed by atoms with Gasteiger partial charge < -0.3 is 4.98 Å². The SMILES string of the molecule is Clc1[nH]c(-c2ccccc2)c(-c2ccccc2)c1-c1ccccc1. The van der Waals surface area contributed by atoms with Gasteiger partial charge in [0.15, 0.2) is 0 Å². The lowest BCUT2D eigenvalue weighted by molar-refractivity contribution is 1.40. The van der Waals surface area contributed by atoms with Gasteiger partial charge in [-0.25, -0.2) is 0 Å². The Morgan fingerprint density at radius 1 is 0.500 bits per heavy atom. The van der Waals surface area contributed by atoms with E-state index >= 15 is 0 Å². The molecule has 116 valence electrons. The monoisotopic (exact) mass is 329 g/mol. The summed E-state index contributed by atoms with van der Waals surface area (Å²) in [6.07, 6.45) is 0. The molecule has 0 saturated heterocycles. The highest BCUT2D eigenvalue weighted by Crippen LogP contribution is 2.44. The van der Waals surface area contributed by atoms with Crippen LogP contribution in [0.15, 0.2) is 91.0 Å². The average Bonchev–Trinajstić information content (AvgIpc) is 3.01. The van der Waals surface area contributed by atoms with Gasteiger partial charge in [0.25, 0.3) is 0 Å². The standard InChI is InChI=1S/C22H16ClN/c23-22-20(17-12-6-2-7-13-17)19(16-10-4-1-5-11-16)21(24-22)18-14-8-3-9-15-18/h1-15,24H. The Morgan fingerprint density at radius 3 is 1.42 bits per heavy atom. The predicted molar refractivity (Wildman–Crippen MR) is 102 cm³/mol. The molecule has 4 aromatic rings. The van der Waals surface area contributed by atoms with E-state index in [4.69, 9.17) is 11.6 Å². The summed E-state index contributed by atoms with van der Waals surface area (Å²) in [5.41, 5.74) is 6.62. The fraction of sp³-hybridized carbons (Fsp3) is 0. The van der Waals surface area contributed by atoms with Crippen LogP contribution in [0.5, 0.6) is 0 Å². The summed E-state index contributed by atoms with van der Waals surface area (Å²) >= 11 is 6.63. The first kappa shape index (κ1) is 14.8. The van der Waals surface area contributed by atoms with Gasteiger partial charge >= 0.3 is 0 Å². The van der Waals surface area contributed by atoms with E-state index in [0.717, 1.165) is 33.5 Å². The minimum Gasteiger partial charge on any atom is -0.345 e. The van der Waals surface area contributed by atoms with Gasteiger partial charge in [0.2, 0.25) is 0 Å². The van der Waals surface area contributed by atoms with E-state index in [-0.39, 0.29) is 0 Å². The molecule has 1 nitrogen and oxygen atoms in total. The molecule has 1 heterocycles. The van der Waals surface area contributed by atoms with E-state index in [0.29, 0.717) is 5.15 Å². The lowest BCUT2D eigenvalue weighted by atomic mass is 9.94. The average molecular weight is 330 g/mol. The molecule has 2 heteroatoms. The molecule has 1 aromatic heterocycles. The Kier molecular flexibility index (Phi) is 3.94. The summed E-state index contributed by atoms with van der Waals surface area (Å²) in [5.74, 6) is 0. The van der Waals surface area contributed by atoms with Crippen molar-refractivity contribution < 1.29 is 0 Å². The number of hydrogen-bond acceptors (Lipinski definition) is 0.